The van der Waals surface area contributed by atoms with Crippen molar-refractivity contribution >= 4 is 11.6 Å². The fourth-order valence-corrected chi connectivity index (χ4v) is 3.37. The molecule has 110 valence electrons. The van der Waals surface area contributed by atoms with Gasteiger partial charge in [-0.2, -0.15) is 0 Å². The predicted octanol–water partition coefficient (Wildman–Crippen LogP) is 1.82. The third kappa shape index (κ3) is 2.93. The van der Waals surface area contributed by atoms with Crippen LogP contribution in [-0.2, 0) is 17.7 Å². The van der Waals surface area contributed by atoms with Gasteiger partial charge in [-0.05, 0) is 24.6 Å². The lowest BCUT2D eigenvalue weighted by Gasteiger charge is -2.36. The van der Waals surface area contributed by atoms with E-state index in [1.54, 1.807) is 0 Å². The maximum absolute atomic E-state index is 6.21. The first-order chi connectivity index (χ1) is 9.65. The summed E-state index contributed by atoms with van der Waals surface area (Å²) in [4.78, 5) is 2.37. The summed E-state index contributed by atoms with van der Waals surface area (Å²) in [6.45, 7) is 6.03. The minimum atomic E-state index is 0.118. The van der Waals surface area contributed by atoms with Crippen molar-refractivity contribution in [3.8, 4) is 5.75 Å². The van der Waals surface area contributed by atoms with Gasteiger partial charge >= 0.3 is 0 Å². The zero-order valence-corrected chi connectivity index (χ0v) is 12.5. The zero-order valence-electron chi connectivity index (χ0n) is 11.8. The van der Waals surface area contributed by atoms with Gasteiger partial charge in [-0.3, -0.25) is 4.90 Å². The summed E-state index contributed by atoms with van der Waals surface area (Å²) in [6, 6.07) is 4.03. The standard InChI is InChI=1S/C15H21ClN2O2/c1-10-7-18(9-14(6-17)20-10)8-12-5-13(16)4-11-2-3-19-15(11)12/h4-5,10,14H,2-3,6-9,17H2,1H3. The van der Waals surface area contributed by atoms with E-state index in [0.717, 1.165) is 43.4 Å². The molecule has 1 saturated heterocycles. The number of nitrogens with zero attached hydrogens (tertiary/aromatic N) is 1. The molecule has 0 bridgehead atoms. The molecule has 2 atom stereocenters. The predicted molar refractivity (Wildman–Crippen MR) is 79.3 cm³/mol. The van der Waals surface area contributed by atoms with Crippen LogP contribution in [-0.4, -0.2) is 43.3 Å². The van der Waals surface area contributed by atoms with Crippen LogP contribution in [0.15, 0.2) is 12.1 Å². The van der Waals surface area contributed by atoms with Gasteiger partial charge in [0.05, 0.1) is 18.8 Å². The fraction of sp³-hybridized carbons (Fsp3) is 0.600. The van der Waals surface area contributed by atoms with E-state index in [0.29, 0.717) is 6.54 Å². The number of fused-ring (bicyclic) bond motifs is 1. The topological polar surface area (TPSA) is 47.7 Å². The third-order valence-electron chi connectivity index (χ3n) is 3.88. The maximum Gasteiger partial charge on any atom is 0.127 e. The molecule has 4 nitrogen and oxygen atoms in total. The SMILES string of the molecule is CC1CN(Cc2cc(Cl)cc3c2OCC3)CC(CN)O1. The number of benzene rings is 1. The second-order valence-corrected chi connectivity index (χ2v) is 6.09. The summed E-state index contributed by atoms with van der Waals surface area (Å²) in [6.07, 6.45) is 1.28. The van der Waals surface area contributed by atoms with Gasteiger partial charge in [-0.15, -0.1) is 0 Å². The molecule has 3 rings (SSSR count). The van der Waals surface area contributed by atoms with Gasteiger partial charge in [0.25, 0.3) is 0 Å². The van der Waals surface area contributed by atoms with Crippen LogP contribution in [0.25, 0.3) is 0 Å². The molecule has 0 aromatic heterocycles. The van der Waals surface area contributed by atoms with Crippen molar-refractivity contribution < 1.29 is 9.47 Å². The lowest BCUT2D eigenvalue weighted by molar-refractivity contribution is -0.0746. The number of ether oxygens (including phenoxy) is 2. The monoisotopic (exact) mass is 296 g/mol. The van der Waals surface area contributed by atoms with Crippen LogP contribution in [0.4, 0.5) is 0 Å². The minimum absolute atomic E-state index is 0.118. The van der Waals surface area contributed by atoms with E-state index in [-0.39, 0.29) is 12.2 Å². The highest BCUT2D eigenvalue weighted by molar-refractivity contribution is 6.30. The van der Waals surface area contributed by atoms with Crippen molar-refractivity contribution in [3.05, 3.63) is 28.3 Å². The number of hydrogen-bond donors (Lipinski definition) is 1. The van der Waals surface area contributed by atoms with E-state index in [4.69, 9.17) is 26.8 Å². The molecule has 1 fully saturated rings. The van der Waals surface area contributed by atoms with Crippen LogP contribution in [0.3, 0.4) is 0 Å². The largest absolute Gasteiger partial charge is 0.493 e. The van der Waals surface area contributed by atoms with E-state index >= 15 is 0 Å². The highest BCUT2D eigenvalue weighted by Gasteiger charge is 2.26. The summed E-state index contributed by atoms with van der Waals surface area (Å²) in [5.74, 6) is 1.03. The Balaban J connectivity index is 1.77. The molecule has 0 saturated carbocycles. The van der Waals surface area contributed by atoms with Crippen LogP contribution in [0.5, 0.6) is 5.75 Å². The number of rotatable bonds is 3. The van der Waals surface area contributed by atoms with E-state index in [9.17, 15) is 0 Å². The molecule has 2 N–H and O–H groups in total. The average molecular weight is 297 g/mol. The molecule has 5 heteroatoms. The molecule has 2 aliphatic rings. The molecule has 0 radical (unpaired) electrons. The Morgan fingerprint density at radius 2 is 2.25 bits per heavy atom. The van der Waals surface area contributed by atoms with Crippen molar-refractivity contribution in [2.75, 3.05) is 26.2 Å². The van der Waals surface area contributed by atoms with Gasteiger partial charge in [-0.1, -0.05) is 11.6 Å². The molecule has 2 unspecified atom stereocenters. The van der Waals surface area contributed by atoms with Crippen LogP contribution in [0.1, 0.15) is 18.1 Å². The van der Waals surface area contributed by atoms with E-state index < -0.39 is 0 Å². The molecular formula is C15H21ClN2O2. The summed E-state index contributed by atoms with van der Waals surface area (Å²) in [7, 11) is 0. The Kier molecular flexibility index (Phi) is 4.17. The van der Waals surface area contributed by atoms with Crippen LogP contribution in [0.2, 0.25) is 5.02 Å². The Bertz CT molecular complexity index is 495. The Hall–Kier alpha value is -0.810. The van der Waals surface area contributed by atoms with E-state index in [1.807, 2.05) is 12.1 Å². The molecule has 2 heterocycles. The lowest BCUT2D eigenvalue weighted by Crippen LogP contribution is -2.48. The first-order valence-electron chi connectivity index (χ1n) is 7.17. The normalized spacial score (nSPS) is 26.4. The highest BCUT2D eigenvalue weighted by atomic mass is 35.5. The molecular weight excluding hydrogens is 276 g/mol. The average Bonchev–Trinajstić information content (AvgIpc) is 2.86. The van der Waals surface area contributed by atoms with Crippen molar-refractivity contribution in [1.29, 1.82) is 0 Å². The summed E-state index contributed by atoms with van der Waals surface area (Å²) in [5, 5.41) is 0.793. The number of halogens is 1. The second-order valence-electron chi connectivity index (χ2n) is 5.65. The van der Waals surface area contributed by atoms with Gasteiger partial charge in [0.15, 0.2) is 0 Å². The van der Waals surface area contributed by atoms with Crippen LogP contribution >= 0.6 is 11.6 Å². The van der Waals surface area contributed by atoms with Crippen LogP contribution < -0.4 is 10.5 Å². The zero-order chi connectivity index (χ0) is 14.1. The third-order valence-corrected chi connectivity index (χ3v) is 4.10. The number of nitrogens with two attached hydrogens (primary N) is 1. The first-order valence-corrected chi connectivity index (χ1v) is 7.55. The van der Waals surface area contributed by atoms with Crippen molar-refractivity contribution in [1.82, 2.24) is 4.90 Å². The molecule has 2 aliphatic heterocycles. The molecule has 0 amide bonds. The summed E-state index contributed by atoms with van der Waals surface area (Å²) < 4.78 is 11.6. The number of morpholine rings is 1. The Morgan fingerprint density at radius 1 is 1.40 bits per heavy atom. The Morgan fingerprint density at radius 3 is 3.05 bits per heavy atom. The van der Waals surface area contributed by atoms with Crippen molar-refractivity contribution in [2.45, 2.75) is 32.1 Å². The maximum atomic E-state index is 6.21. The van der Waals surface area contributed by atoms with Gasteiger partial charge in [0.1, 0.15) is 5.75 Å². The lowest BCUT2D eigenvalue weighted by atomic mass is 10.1. The smallest absolute Gasteiger partial charge is 0.127 e. The van der Waals surface area contributed by atoms with E-state index in [2.05, 4.69) is 11.8 Å². The van der Waals surface area contributed by atoms with Gasteiger partial charge in [0, 0.05) is 43.2 Å². The summed E-state index contributed by atoms with van der Waals surface area (Å²) >= 11 is 6.21. The van der Waals surface area contributed by atoms with Gasteiger partial charge in [0.2, 0.25) is 0 Å². The quantitative estimate of drug-likeness (QED) is 0.924. The van der Waals surface area contributed by atoms with Gasteiger partial charge in [-0.25, -0.2) is 0 Å². The molecule has 0 aliphatic carbocycles. The Labute approximate surface area is 124 Å². The molecule has 20 heavy (non-hydrogen) atoms. The van der Waals surface area contributed by atoms with Crippen LogP contribution in [0, 0.1) is 0 Å². The molecule has 1 aromatic rings. The molecule has 0 spiro atoms. The van der Waals surface area contributed by atoms with Gasteiger partial charge < -0.3 is 15.2 Å². The summed E-state index contributed by atoms with van der Waals surface area (Å²) in [5.41, 5.74) is 8.14. The highest BCUT2D eigenvalue weighted by Crippen LogP contribution is 2.34. The van der Waals surface area contributed by atoms with Crippen molar-refractivity contribution in [3.63, 3.8) is 0 Å². The molecule has 1 aromatic carbocycles. The van der Waals surface area contributed by atoms with Crippen molar-refractivity contribution in [2.24, 2.45) is 5.73 Å². The first kappa shape index (κ1) is 14.1. The number of hydrogen-bond acceptors (Lipinski definition) is 4. The fourth-order valence-electron chi connectivity index (χ4n) is 3.10. The second kappa shape index (κ2) is 5.90. The van der Waals surface area contributed by atoms with E-state index in [1.165, 1.54) is 11.1 Å². The minimum Gasteiger partial charge on any atom is -0.493 e.